The van der Waals surface area contributed by atoms with E-state index in [1.54, 1.807) is 30.0 Å². The van der Waals surface area contributed by atoms with Crippen LogP contribution in [0.5, 0.6) is 0 Å². The molecule has 4 heterocycles. The maximum atomic E-state index is 13.1. The summed E-state index contributed by atoms with van der Waals surface area (Å²) in [5, 5.41) is 7.95. The van der Waals surface area contributed by atoms with Gasteiger partial charge in [0, 0.05) is 54.0 Å². The predicted molar refractivity (Wildman–Crippen MR) is 126 cm³/mol. The molecule has 4 N–H and O–H groups in total. The Kier molecular flexibility index (Phi) is 6.30. The van der Waals surface area contributed by atoms with Crippen molar-refractivity contribution < 1.29 is 9.18 Å². The number of amides is 1. The Morgan fingerprint density at radius 2 is 2.03 bits per heavy atom. The molecule has 33 heavy (non-hydrogen) atoms. The number of nitrogens with two attached hydrogens (primary N) is 1. The van der Waals surface area contributed by atoms with E-state index in [0.717, 1.165) is 23.7 Å². The molecule has 0 saturated heterocycles. The first kappa shape index (κ1) is 21.9. The number of hydrogen-bond acceptors (Lipinski definition) is 5. The lowest BCUT2D eigenvalue weighted by molar-refractivity contribution is -0.120. The van der Waals surface area contributed by atoms with Crippen molar-refractivity contribution in [2.45, 2.75) is 19.8 Å². The van der Waals surface area contributed by atoms with Crippen molar-refractivity contribution in [2.24, 2.45) is 0 Å². The summed E-state index contributed by atoms with van der Waals surface area (Å²) in [6, 6.07) is 11.2. The molecule has 5 rings (SSSR count). The minimum absolute atomic E-state index is 0.0836. The van der Waals surface area contributed by atoms with E-state index in [9.17, 15) is 9.18 Å². The van der Waals surface area contributed by atoms with E-state index >= 15 is 0 Å². The van der Waals surface area contributed by atoms with Gasteiger partial charge in [-0.1, -0.05) is 18.2 Å². The van der Waals surface area contributed by atoms with Gasteiger partial charge in [0.1, 0.15) is 11.6 Å². The van der Waals surface area contributed by atoms with E-state index in [1.165, 1.54) is 17.0 Å². The molecule has 0 unspecified atom stereocenters. The second kappa shape index (κ2) is 9.47. The van der Waals surface area contributed by atoms with Crippen LogP contribution in [0.15, 0.2) is 61.2 Å². The van der Waals surface area contributed by atoms with Gasteiger partial charge in [0.2, 0.25) is 5.91 Å². The van der Waals surface area contributed by atoms with Crippen LogP contribution in [0.4, 0.5) is 10.2 Å². The number of carbonyl (C=O) groups excluding carboxylic acids is 1. The van der Waals surface area contributed by atoms with E-state index in [4.69, 9.17) is 5.73 Å². The molecule has 0 atom stereocenters. The van der Waals surface area contributed by atoms with E-state index in [0.29, 0.717) is 29.1 Å². The van der Waals surface area contributed by atoms with Crippen LogP contribution >= 0.6 is 0 Å². The fourth-order valence-corrected chi connectivity index (χ4v) is 3.51. The summed E-state index contributed by atoms with van der Waals surface area (Å²) in [6.45, 7) is 1.89. The highest BCUT2D eigenvalue weighted by Crippen LogP contribution is 2.22. The van der Waals surface area contributed by atoms with Crippen molar-refractivity contribution in [1.29, 1.82) is 0 Å². The smallest absolute Gasteiger partial charge is 0.220 e. The molecule has 0 radical (unpaired) electrons. The maximum absolute atomic E-state index is 13.1. The second-order valence-corrected chi connectivity index (χ2v) is 7.55. The number of nitrogens with zero attached hydrogens (tertiary/aromatic N) is 4. The van der Waals surface area contributed by atoms with Gasteiger partial charge >= 0.3 is 0 Å². The minimum atomic E-state index is -0.405. The van der Waals surface area contributed by atoms with Gasteiger partial charge in [0.05, 0.1) is 18.1 Å². The fraction of sp³-hybridized carbons (Fsp3) is 0.167. The monoisotopic (exact) mass is 445 g/mol. The molecule has 1 amide bonds. The molecule has 8 nitrogen and oxygen atoms in total. The lowest BCUT2D eigenvalue weighted by Gasteiger charge is -2.04. The van der Waals surface area contributed by atoms with Gasteiger partial charge in [-0.05, 0) is 31.0 Å². The number of aromatic nitrogens is 5. The topological polar surface area (TPSA) is 114 Å². The molecule has 0 bridgehead atoms. The number of aromatic amines is 1. The van der Waals surface area contributed by atoms with E-state index in [2.05, 4.69) is 31.4 Å². The average molecular weight is 446 g/mol. The Morgan fingerprint density at radius 1 is 1.21 bits per heavy atom. The molecule has 5 aromatic rings. The lowest BCUT2D eigenvalue weighted by Crippen LogP contribution is -2.17. The highest BCUT2D eigenvalue weighted by molar-refractivity contribution is 5.84. The van der Waals surface area contributed by atoms with E-state index in [-0.39, 0.29) is 5.91 Å². The molecule has 0 aliphatic heterocycles. The molecular weight excluding hydrogens is 421 g/mol. The molecule has 4 aromatic heterocycles. The normalized spacial score (nSPS) is 10.8. The standard InChI is InChI=1S/C12H10FN5.C12H14N2O/c1-7-4-16-18-11(14)3-10(17-12(7)18)8-2-9(13)6-15-5-8;1-13-12(15)7-6-9-8-14-11-5-3-2-4-10(9)11/h2-6H,14H2,1H3;2-5,8,14H,6-7H2,1H3,(H,13,15). The van der Waals surface area contributed by atoms with Crippen LogP contribution in [-0.2, 0) is 11.2 Å². The van der Waals surface area contributed by atoms with Gasteiger partial charge in [0.25, 0.3) is 0 Å². The number of anilines is 1. The molecule has 0 fully saturated rings. The molecule has 1 aromatic carbocycles. The third kappa shape index (κ3) is 4.82. The van der Waals surface area contributed by atoms with Gasteiger partial charge in [-0.15, -0.1) is 0 Å². The highest BCUT2D eigenvalue weighted by atomic mass is 19.1. The van der Waals surface area contributed by atoms with Gasteiger partial charge in [-0.3, -0.25) is 9.78 Å². The first-order valence-corrected chi connectivity index (χ1v) is 10.4. The molecule has 9 heteroatoms. The van der Waals surface area contributed by atoms with Gasteiger partial charge in [-0.25, -0.2) is 9.37 Å². The Morgan fingerprint density at radius 3 is 2.82 bits per heavy atom. The summed E-state index contributed by atoms with van der Waals surface area (Å²) in [4.78, 5) is 22.5. The van der Waals surface area contributed by atoms with Crippen molar-refractivity contribution in [3.8, 4) is 11.3 Å². The van der Waals surface area contributed by atoms with E-state index in [1.807, 2.05) is 31.3 Å². The first-order chi connectivity index (χ1) is 16.0. The Labute approximate surface area is 189 Å². The summed E-state index contributed by atoms with van der Waals surface area (Å²) < 4.78 is 14.7. The lowest BCUT2D eigenvalue weighted by atomic mass is 10.1. The number of halogens is 1. The molecule has 0 saturated carbocycles. The quantitative estimate of drug-likeness (QED) is 0.391. The predicted octanol–water partition coefficient (Wildman–Crippen LogP) is 3.67. The van der Waals surface area contributed by atoms with Crippen LogP contribution in [-0.4, -0.2) is 37.5 Å². The summed E-state index contributed by atoms with van der Waals surface area (Å²) >= 11 is 0. The number of H-pyrrole nitrogens is 1. The van der Waals surface area contributed by atoms with Gasteiger partial charge in [0.15, 0.2) is 5.65 Å². The number of benzene rings is 1. The summed E-state index contributed by atoms with van der Waals surface area (Å²) in [6.07, 6.45) is 7.68. The summed E-state index contributed by atoms with van der Waals surface area (Å²) in [5.74, 6) is 0.130. The van der Waals surface area contributed by atoms with E-state index < -0.39 is 5.82 Å². The first-order valence-electron chi connectivity index (χ1n) is 10.4. The van der Waals surface area contributed by atoms with Crippen LogP contribution in [0, 0.1) is 12.7 Å². The Hall–Kier alpha value is -4.27. The van der Waals surface area contributed by atoms with Crippen molar-refractivity contribution in [3.63, 3.8) is 0 Å². The molecular formula is C24H24FN7O. The number of carbonyl (C=O) groups is 1. The highest BCUT2D eigenvalue weighted by Gasteiger charge is 2.09. The third-order valence-corrected chi connectivity index (χ3v) is 5.25. The van der Waals surface area contributed by atoms with Crippen LogP contribution in [0.1, 0.15) is 17.5 Å². The molecule has 0 aliphatic carbocycles. The maximum Gasteiger partial charge on any atom is 0.220 e. The fourth-order valence-electron chi connectivity index (χ4n) is 3.51. The minimum Gasteiger partial charge on any atom is -0.384 e. The Balaban J connectivity index is 0.000000160. The number of nitrogens with one attached hydrogen (secondary N) is 2. The number of aryl methyl sites for hydroxylation is 2. The number of hydrogen-bond donors (Lipinski definition) is 3. The van der Waals surface area contributed by atoms with Crippen LogP contribution in [0.25, 0.3) is 27.8 Å². The van der Waals surface area contributed by atoms with Crippen LogP contribution in [0.3, 0.4) is 0 Å². The van der Waals surface area contributed by atoms with Crippen molar-refractivity contribution in [1.82, 2.24) is 29.9 Å². The Bertz CT molecular complexity index is 1420. The number of pyridine rings is 1. The van der Waals surface area contributed by atoms with Crippen molar-refractivity contribution in [2.75, 3.05) is 12.8 Å². The van der Waals surface area contributed by atoms with Gasteiger partial charge < -0.3 is 16.0 Å². The largest absolute Gasteiger partial charge is 0.384 e. The molecule has 0 aliphatic rings. The second-order valence-electron chi connectivity index (χ2n) is 7.55. The van der Waals surface area contributed by atoms with Crippen molar-refractivity contribution >= 4 is 28.3 Å². The van der Waals surface area contributed by atoms with Crippen LogP contribution in [0.2, 0.25) is 0 Å². The average Bonchev–Trinajstić information content (AvgIpc) is 3.42. The van der Waals surface area contributed by atoms with Gasteiger partial charge in [-0.2, -0.15) is 9.61 Å². The number of para-hydroxylation sites is 1. The third-order valence-electron chi connectivity index (χ3n) is 5.25. The summed E-state index contributed by atoms with van der Waals surface area (Å²) in [7, 11) is 1.66. The number of rotatable bonds is 4. The zero-order chi connectivity index (χ0) is 23.4. The zero-order valence-electron chi connectivity index (χ0n) is 18.3. The van der Waals surface area contributed by atoms with Crippen LogP contribution < -0.4 is 11.1 Å². The number of nitrogen functional groups attached to an aromatic ring is 1. The molecule has 168 valence electrons. The van der Waals surface area contributed by atoms with Crippen molar-refractivity contribution in [3.05, 3.63) is 78.1 Å². The SMILES string of the molecule is CNC(=O)CCc1c[nH]c2ccccc12.Cc1cnn2c(N)cc(-c3cncc(F)c3)nc12. The summed E-state index contributed by atoms with van der Waals surface area (Å²) in [5.41, 5.74) is 11.0. The molecule has 0 spiro atoms. The number of fused-ring (bicyclic) bond motifs is 2. The zero-order valence-corrected chi connectivity index (χ0v) is 18.3.